The molecule has 0 aromatic heterocycles. The molecular formula is C7H11NO3. The highest BCUT2D eigenvalue weighted by Gasteiger charge is 2.34. The Balaban J connectivity index is 2.56. The van der Waals surface area contributed by atoms with Crippen molar-refractivity contribution >= 4 is 11.9 Å². The molecule has 0 saturated carbocycles. The fraction of sp³-hybridized carbons (Fsp3) is 0.714. The zero-order chi connectivity index (χ0) is 8.43. The van der Waals surface area contributed by atoms with E-state index in [1.807, 2.05) is 6.92 Å². The minimum Gasteiger partial charge on any atom is -0.480 e. The van der Waals surface area contributed by atoms with E-state index in [-0.39, 0.29) is 11.8 Å². The second-order valence-corrected chi connectivity index (χ2v) is 2.74. The summed E-state index contributed by atoms with van der Waals surface area (Å²) >= 11 is 0. The van der Waals surface area contributed by atoms with Gasteiger partial charge >= 0.3 is 5.97 Å². The predicted octanol–water partition coefficient (Wildman–Crippen LogP) is -0.0143. The van der Waals surface area contributed by atoms with Crippen molar-refractivity contribution in [1.82, 2.24) is 5.32 Å². The molecule has 1 amide bonds. The molecule has 1 aliphatic heterocycles. The molecule has 0 radical (unpaired) electrons. The molecule has 0 unspecified atom stereocenters. The van der Waals surface area contributed by atoms with E-state index in [1.54, 1.807) is 0 Å². The van der Waals surface area contributed by atoms with E-state index in [4.69, 9.17) is 5.11 Å². The highest BCUT2D eigenvalue weighted by Crippen LogP contribution is 2.18. The van der Waals surface area contributed by atoms with E-state index in [1.165, 1.54) is 0 Å². The molecule has 0 bridgehead atoms. The van der Waals surface area contributed by atoms with Crippen LogP contribution in [-0.4, -0.2) is 23.0 Å². The van der Waals surface area contributed by atoms with Gasteiger partial charge in [0.05, 0.1) is 0 Å². The molecule has 11 heavy (non-hydrogen) atoms. The summed E-state index contributed by atoms with van der Waals surface area (Å²) in [6.07, 6.45) is 1.15. The van der Waals surface area contributed by atoms with Crippen molar-refractivity contribution in [2.75, 3.05) is 0 Å². The van der Waals surface area contributed by atoms with Gasteiger partial charge < -0.3 is 10.4 Å². The Bertz CT molecular complexity index is 190. The Morgan fingerprint density at radius 3 is 2.73 bits per heavy atom. The lowest BCUT2D eigenvalue weighted by Gasteiger charge is -2.00. The van der Waals surface area contributed by atoms with Crippen LogP contribution in [0.4, 0.5) is 0 Å². The molecule has 1 saturated heterocycles. The van der Waals surface area contributed by atoms with Crippen LogP contribution in [0.2, 0.25) is 0 Å². The number of amides is 1. The Morgan fingerprint density at radius 1 is 1.82 bits per heavy atom. The number of aliphatic carboxylic acids is 1. The largest absolute Gasteiger partial charge is 0.480 e. The van der Waals surface area contributed by atoms with Crippen LogP contribution in [0.5, 0.6) is 0 Å². The van der Waals surface area contributed by atoms with Crippen LogP contribution in [0.25, 0.3) is 0 Å². The topological polar surface area (TPSA) is 66.4 Å². The summed E-state index contributed by atoms with van der Waals surface area (Å²) in [5.74, 6) is -1.16. The predicted molar refractivity (Wildman–Crippen MR) is 38.0 cm³/mol. The molecule has 1 aliphatic rings. The number of carboxylic acids is 1. The monoisotopic (exact) mass is 157 g/mol. The molecule has 4 heteroatoms. The van der Waals surface area contributed by atoms with Crippen molar-refractivity contribution in [3.05, 3.63) is 0 Å². The number of carboxylic acid groups (broad SMARTS) is 1. The van der Waals surface area contributed by atoms with Gasteiger partial charge in [-0.3, -0.25) is 4.79 Å². The van der Waals surface area contributed by atoms with E-state index < -0.39 is 12.0 Å². The Morgan fingerprint density at radius 2 is 2.45 bits per heavy atom. The van der Waals surface area contributed by atoms with Crippen molar-refractivity contribution in [3.8, 4) is 0 Å². The average molecular weight is 157 g/mol. The van der Waals surface area contributed by atoms with E-state index in [9.17, 15) is 9.59 Å². The fourth-order valence-corrected chi connectivity index (χ4v) is 1.25. The number of carbonyl (C=O) groups excluding carboxylic acids is 1. The molecule has 1 rings (SSSR count). The van der Waals surface area contributed by atoms with Crippen LogP contribution < -0.4 is 5.32 Å². The molecule has 2 atom stereocenters. The summed E-state index contributed by atoms with van der Waals surface area (Å²) in [6.45, 7) is 1.88. The molecule has 62 valence electrons. The Hall–Kier alpha value is -1.06. The van der Waals surface area contributed by atoms with E-state index in [0.717, 1.165) is 6.42 Å². The van der Waals surface area contributed by atoms with Gasteiger partial charge in [0.25, 0.3) is 0 Å². The first-order valence-corrected chi connectivity index (χ1v) is 3.68. The standard InChI is InChI=1S/C7H11NO3/c1-2-4-3-5(7(10)11)8-6(4)9/h4-5H,2-3H2,1H3,(H,8,9)(H,10,11)/t4-,5-/m0/s1. The van der Waals surface area contributed by atoms with Gasteiger partial charge in [0, 0.05) is 5.92 Å². The van der Waals surface area contributed by atoms with Gasteiger partial charge in [-0.05, 0) is 12.8 Å². The summed E-state index contributed by atoms with van der Waals surface area (Å²) in [4.78, 5) is 21.3. The lowest BCUT2D eigenvalue weighted by atomic mass is 10.0. The quantitative estimate of drug-likeness (QED) is 0.592. The lowest BCUT2D eigenvalue weighted by molar-refractivity contribution is -0.140. The van der Waals surface area contributed by atoms with Crippen LogP contribution in [-0.2, 0) is 9.59 Å². The van der Waals surface area contributed by atoms with Crippen LogP contribution in [0.3, 0.4) is 0 Å². The maximum Gasteiger partial charge on any atom is 0.326 e. The second-order valence-electron chi connectivity index (χ2n) is 2.74. The molecule has 0 aliphatic carbocycles. The van der Waals surface area contributed by atoms with Crippen molar-refractivity contribution in [2.45, 2.75) is 25.8 Å². The molecule has 0 spiro atoms. The van der Waals surface area contributed by atoms with Gasteiger partial charge in [0.15, 0.2) is 0 Å². The fourth-order valence-electron chi connectivity index (χ4n) is 1.25. The van der Waals surface area contributed by atoms with E-state index in [0.29, 0.717) is 6.42 Å². The van der Waals surface area contributed by atoms with Gasteiger partial charge in [-0.2, -0.15) is 0 Å². The first kappa shape index (κ1) is 8.04. The van der Waals surface area contributed by atoms with Gasteiger partial charge in [-0.1, -0.05) is 6.92 Å². The normalized spacial score (nSPS) is 30.1. The van der Waals surface area contributed by atoms with Crippen LogP contribution in [0.1, 0.15) is 19.8 Å². The summed E-state index contributed by atoms with van der Waals surface area (Å²) in [6, 6.07) is -0.660. The maximum absolute atomic E-state index is 10.9. The summed E-state index contributed by atoms with van der Waals surface area (Å²) < 4.78 is 0. The molecule has 0 aromatic carbocycles. The highest BCUT2D eigenvalue weighted by molar-refractivity contribution is 5.88. The molecule has 1 fully saturated rings. The third kappa shape index (κ3) is 1.50. The smallest absolute Gasteiger partial charge is 0.326 e. The Labute approximate surface area is 64.6 Å². The average Bonchev–Trinajstić information content (AvgIpc) is 2.31. The van der Waals surface area contributed by atoms with Gasteiger partial charge in [-0.15, -0.1) is 0 Å². The van der Waals surface area contributed by atoms with Crippen molar-refractivity contribution in [1.29, 1.82) is 0 Å². The molecule has 2 N–H and O–H groups in total. The number of rotatable bonds is 2. The van der Waals surface area contributed by atoms with Gasteiger partial charge in [-0.25, -0.2) is 4.79 Å². The van der Waals surface area contributed by atoms with Crippen LogP contribution in [0.15, 0.2) is 0 Å². The van der Waals surface area contributed by atoms with Crippen molar-refractivity contribution < 1.29 is 14.7 Å². The van der Waals surface area contributed by atoms with Crippen LogP contribution in [0, 0.1) is 5.92 Å². The zero-order valence-corrected chi connectivity index (χ0v) is 6.33. The lowest BCUT2D eigenvalue weighted by Crippen LogP contribution is -2.32. The maximum atomic E-state index is 10.9. The Kier molecular flexibility index (Phi) is 2.12. The number of carbonyl (C=O) groups is 2. The number of nitrogens with one attached hydrogen (secondary N) is 1. The molecule has 4 nitrogen and oxygen atoms in total. The summed E-state index contributed by atoms with van der Waals surface area (Å²) in [5.41, 5.74) is 0. The van der Waals surface area contributed by atoms with E-state index in [2.05, 4.69) is 5.32 Å². The van der Waals surface area contributed by atoms with E-state index >= 15 is 0 Å². The minimum atomic E-state index is -0.936. The number of hydrogen-bond acceptors (Lipinski definition) is 2. The minimum absolute atomic E-state index is 0.101. The van der Waals surface area contributed by atoms with Crippen LogP contribution >= 0.6 is 0 Å². The van der Waals surface area contributed by atoms with Gasteiger partial charge in [0.1, 0.15) is 6.04 Å². The molecule has 0 aromatic rings. The third-order valence-electron chi connectivity index (χ3n) is 2.00. The van der Waals surface area contributed by atoms with Crippen molar-refractivity contribution in [3.63, 3.8) is 0 Å². The van der Waals surface area contributed by atoms with Gasteiger partial charge in [0.2, 0.25) is 5.91 Å². The summed E-state index contributed by atoms with van der Waals surface area (Å²) in [7, 11) is 0. The first-order valence-electron chi connectivity index (χ1n) is 3.68. The molecule has 1 heterocycles. The zero-order valence-electron chi connectivity index (χ0n) is 6.33. The third-order valence-corrected chi connectivity index (χ3v) is 2.00. The summed E-state index contributed by atoms with van der Waals surface area (Å²) in [5, 5.41) is 10.9. The SMILES string of the molecule is CC[C@H]1C[C@@H](C(=O)O)NC1=O. The number of hydrogen-bond donors (Lipinski definition) is 2. The first-order chi connectivity index (χ1) is 5.15. The highest BCUT2D eigenvalue weighted by atomic mass is 16.4. The molecular weight excluding hydrogens is 146 g/mol. The van der Waals surface area contributed by atoms with Crippen molar-refractivity contribution in [2.24, 2.45) is 5.92 Å². The second kappa shape index (κ2) is 2.90.